The van der Waals surface area contributed by atoms with Crippen molar-refractivity contribution in [1.29, 1.82) is 0 Å². The molecule has 1 aliphatic heterocycles. The van der Waals surface area contributed by atoms with Gasteiger partial charge in [-0.3, -0.25) is 10.2 Å². The summed E-state index contributed by atoms with van der Waals surface area (Å²) in [6, 6.07) is 28.9. The molecule has 0 atom stereocenters. The van der Waals surface area contributed by atoms with Crippen LogP contribution in [-0.4, -0.2) is 54.8 Å². The molecule has 0 unspecified atom stereocenters. The molecule has 46 heavy (non-hydrogen) atoms. The molecule has 8 rings (SSSR count). The van der Waals surface area contributed by atoms with E-state index in [4.69, 9.17) is 9.72 Å². The molecule has 228 valence electrons. The number of anilines is 1. The number of hydrogen-bond acceptors (Lipinski definition) is 8. The van der Waals surface area contributed by atoms with Crippen LogP contribution >= 0.6 is 11.3 Å². The van der Waals surface area contributed by atoms with Crippen molar-refractivity contribution in [3.63, 3.8) is 0 Å². The monoisotopic (exact) mass is 625 g/mol. The smallest absolute Gasteiger partial charge is 0.411 e. The van der Waals surface area contributed by atoms with Crippen molar-refractivity contribution >= 4 is 50.0 Å². The summed E-state index contributed by atoms with van der Waals surface area (Å²) in [5.41, 5.74) is 11.2. The number of nitrogens with zero attached hydrogens (tertiary/aromatic N) is 6. The number of likely N-dealkylation sites (tertiary alicyclic amines) is 1. The standard InChI is InChI=1S/C36H31N7O2S/c1-23-17-33-37-20-27-18-30(25-5-3-2-4-6-25)34(40-35(27)43(33)41-23)26-9-7-24(8-10-26)21-42-15-13-29(14-16-42)45-36(44)39-28-11-12-32-31(19-28)38-22-46-32/h2-12,17-20,22,29H,13-16,21H2,1H3,(H,39,44). The molecule has 1 saturated heterocycles. The summed E-state index contributed by atoms with van der Waals surface area (Å²) in [6.45, 7) is 4.53. The number of carbonyl (C=O) groups is 1. The minimum absolute atomic E-state index is 0.0998. The molecular formula is C36H31N7O2S. The van der Waals surface area contributed by atoms with Crippen molar-refractivity contribution in [3.05, 3.63) is 108 Å². The van der Waals surface area contributed by atoms with E-state index in [1.165, 1.54) is 5.56 Å². The molecular weight excluding hydrogens is 595 g/mol. The summed E-state index contributed by atoms with van der Waals surface area (Å²) >= 11 is 1.58. The van der Waals surface area contributed by atoms with Crippen molar-refractivity contribution in [2.75, 3.05) is 18.4 Å². The average molecular weight is 626 g/mol. The molecule has 7 aromatic rings. The van der Waals surface area contributed by atoms with Crippen LogP contribution < -0.4 is 5.32 Å². The van der Waals surface area contributed by atoms with Crippen molar-refractivity contribution < 1.29 is 9.53 Å². The molecule has 0 saturated carbocycles. The van der Waals surface area contributed by atoms with Gasteiger partial charge < -0.3 is 4.74 Å². The van der Waals surface area contributed by atoms with Crippen molar-refractivity contribution in [2.24, 2.45) is 0 Å². The van der Waals surface area contributed by atoms with Gasteiger partial charge in [-0.1, -0.05) is 54.6 Å². The van der Waals surface area contributed by atoms with Crippen LogP contribution in [0.25, 0.3) is 49.3 Å². The lowest BCUT2D eigenvalue weighted by Crippen LogP contribution is -2.38. The van der Waals surface area contributed by atoms with E-state index in [2.05, 4.69) is 67.7 Å². The summed E-state index contributed by atoms with van der Waals surface area (Å²) in [5.74, 6) is 0. The zero-order valence-corrected chi connectivity index (χ0v) is 26.1. The fourth-order valence-electron chi connectivity index (χ4n) is 6.16. The van der Waals surface area contributed by atoms with E-state index in [1.807, 2.05) is 60.1 Å². The number of piperidine rings is 1. The minimum Gasteiger partial charge on any atom is -0.446 e. The van der Waals surface area contributed by atoms with Gasteiger partial charge in [-0.25, -0.2) is 19.7 Å². The number of nitrogens with one attached hydrogen (secondary N) is 1. The van der Waals surface area contributed by atoms with Gasteiger partial charge >= 0.3 is 6.09 Å². The van der Waals surface area contributed by atoms with Gasteiger partial charge in [-0.2, -0.15) is 9.61 Å². The Balaban J connectivity index is 0.952. The highest BCUT2D eigenvalue weighted by atomic mass is 32.1. The van der Waals surface area contributed by atoms with Gasteiger partial charge in [-0.05, 0) is 55.2 Å². The molecule has 5 heterocycles. The summed E-state index contributed by atoms with van der Waals surface area (Å²) in [5, 5.41) is 8.45. The Bertz CT molecular complexity index is 2190. The van der Waals surface area contributed by atoms with Gasteiger partial charge in [0.05, 0.1) is 27.1 Å². The molecule has 1 aliphatic rings. The summed E-state index contributed by atoms with van der Waals surface area (Å²) in [6.07, 6.45) is 2.96. The van der Waals surface area contributed by atoms with Crippen LogP contribution in [0.4, 0.5) is 10.5 Å². The first-order valence-corrected chi connectivity index (χ1v) is 16.3. The predicted molar refractivity (Wildman–Crippen MR) is 182 cm³/mol. The highest BCUT2D eigenvalue weighted by Crippen LogP contribution is 2.34. The molecule has 10 heteroatoms. The van der Waals surface area contributed by atoms with Crippen LogP contribution in [-0.2, 0) is 11.3 Å². The molecule has 0 bridgehead atoms. The highest BCUT2D eigenvalue weighted by molar-refractivity contribution is 7.16. The van der Waals surface area contributed by atoms with Gasteiger partial charge in [0.25, 0.3) is 0 Å². The van der Waals surface area contributed by atoms with E-state index in [9.17, 15) is 4.79 Å². The highest BCUT2D eigenvalue weighted by Gasteiger charge is 2.23. The maximum Gasteiger partial charge on any atom is 0.411 e. The van der Waals surface area contributed by atoms with Gasteiger partial charge in [0, 0.05) is 54.1 Å². The van der Waals surface area contributed by atoms with Crippen LogP contribution in [0.15, 0.2) is 96.6 Å². The van der Waals surface area contributed by atoms with Crippen molar-refractivity contribution in [2.45, 2.75) is 32.4 Å². The second-order valence-corrected chi connectivity index (χ2v) is 12.6. The Morgan fingerprint density at radius 3 is 2.61 bits per heavy atom. The first kappa shape index (κ1) is 28.3. The molecule has 1 N–H and O–H groups in total. The lowest BCUT2D eigenvalue weighted by molar-refractivity contribution is 0.0567. The molecule has 3 aromatic carbocycles. The third-order valence-corrected chi connectivity index (χ3v) is 9.29. The van der Waals surface area contributed by atoms with E-state index in [-0.39, 0.29) is 6.10 Å². The van der Waals surface area contributed by atoms with Crippen LogP contribution in [0.1, 0.15) is 24.1 Å². The molecule has 0 spiro atoms. The lowest BCUT2D eigenvalue weighted by atomic mass is 9.97. The molecule has 0 aliphatic carbocycles. The topological polar surface area (TPSA) is 97.5 Å². The summed E-state index contributed by atoms with van der Waals surface area (Å²) < 4.78 is 8.67. The molecule has 4 aromatic heterocycles. The van der Waals surface area contributed by atoms with Crippen molar-refractivity contribution in [3.8, 4) is 22.4 Å². The Morgan fingerprint density at radius 2 is 1.78 bits per heavy atom. The normalized spacial score (nSPS) is 14.3. The van der Waals surface area contributed by atoms with Crippen LogP contribution in [0.2, 0.25) is 0 Å². The number of benzene rings is 3. The van der Waals surface area contributed by atoms with Gasteiger partial charge in [0.15, 0.2) is 11.3 Å². The fourth-order valence-corrected chi connectivity index (χ4v) is 6.82. The first-order valence-electron chi connectivity index (χ1n) is 15.4. The molecule has 9 nitrogen and oxygen atoms in total. The molecule has 1 amide bonds. The SMILES string of the molecule is Cc1cc2ncc3cc(-c4ccccc4)c(-c4ccc(CN5CCC(OC(=O)Nc6ccc7scnc7c6)CC5)cc4)nc3n2n1. The minimum atomic E-state index is -0.416. The Kier molecular flexibility index (Phi) is 7.36. The fraction of sp³-hybridized carbons (Fsp3) is 0.194. The number of amides is 1. The number of carbonyl (C=O) groups excluding carboxylic acids is 1. The number of rotatable bonds is 6. The number of fused-ring (bicyclic) bond motifs is 4. The number of thiazole rings is 1. The first-order chi connectivity index (χ1) is 22.6. The van der Waals surface area contributed by atoms with Crippen LogP contribution in [0.3, 0.4) is 0 Å². The third kappa shape index (κ3) is 5.68. The zero-order valence-electron chi connectivity index (χ0n) is 25.3. The van der Waals surface area contributed by atoms with E-state index in [1.54, 1.807) is 16.8 Å². The second-order valence-electron chi connectivity index (χ2n) is 11.7. The number of pyridine rings is 1. The van der Waals surface area contributed by atoms with Gasteiger partial charge in [-0.15, -0.1) is 11.3 Å². The Morgan fingerprint density at radius 1 is 0.957 bits per heavy atom. The van der Waals surface area contributed by atoms with Gasteiger partial charge in [0.2, 0.25) is 0 Å². The largest absolute Gasteiger partial charge is 0.446 e. The van der Waals surface area contributed by atoms with E-state index >= 15 is 0 Å². The second kappa shape index (κ2) is 12.0. The maximum atomic E-state index is 12.6. The number of aryl methyl sites for hydroxylation is 1. The van der Waals surface area contributed by atoms with Crippen LogP contribution in [0, 0.1) is 6.92 Å². The third-order valence-electron chi connectivity index (χ3n) is 8.48. The summed E-state index contributed by atoms with van der Waals surface area (Å²) in [4.78, 5) is 29.1. The number of ether oxygens (including phenoxy) is 1. The number of hydrogen-bond donors (Lipinski definition) is 1. The van der Waals surface area contributed by atoms with E-state index in [0.29, 0.717) is 5.69 Å². The Hall–Kier alpha value is -5.19. The van der Waals surface area contributed by atoms with E-state index in [0.717, 1.165) is 87.5 Å². The lowest BCUT2D eigenvalue weighted by Gasteiger charge is -2.31. The zero-order chi connectivity index (χ0) is 31.0. The summed E-state index contributed by atoms with van der Waals surface area (Å²) in [7, 11) is 0. The van der Waals surface area contributed by atoms with Crippen LogP contribution in [0.5, 0.6) is 0 Å². The number of aromatic nitrogens is 5. The quantitative estimate of drug-likeness (QED) is 0.202. The van der Waals surface area contributed by atoms with E-state index < -0.39 is 6.09 Å². The van der Waals surface area contributed by atoms with Gasteiger partial charge in [0.1, 0.15) is 6.10 Å². The van der Waals surface area contributed by atoms with Crippen molar-refractivity contribution in [1.82, 2.24) is 29.5 Å². The molecule has 0 radical (unpaired) electrons. The Labute approximate surface area is 269 Å². The maximum absolute atomic E-state index is 12.6. The molecule has 1 fully saturated rings. The predicted octanol–water partition coefficient (Wildman–Crippen LogP) is 7.74. The average Bonchev–Trinajstić information content (AvgIpc) is 3.71.